The van der Waals surface area contributed by atoms with Gasteiger partial charge < -0.3 is 5.32 Å². The van der Waals surface area contributed by atoms with Crippen LogP contribution in [0.5, 0.6) is 0 Å². The second-order valence-corrected chi connectivity index (χ2v) is 4.92. The normalized spacial score (nSPS) is 32.4. The van der Waals surface area contributed by atoms with Crippen molar-refractivity contribution < 1.29 is 13.2 Å². The van der Waals surface area contributed by atoms with Crippen LogP contribution in [0, 0.1) is 5.92 Å². The summed E-state index contributed by atoms with van der Waals surface area (Å²) in [5, 5.41) is 2.54. The monoisotopic (exact) mass is 237 g/mol. The van der Waals surface area contributed by atoms with Crippen LogP contribution < -0.4 is 5.32 Å². The van der Waals surface area contributed by atoms with Gasteiger partial charge in [-0.15, -0.1) is 0 Å². The molecule has 1 nitrogen and oxygen atoms in total. The van der Waals surface area contributed by atoms with E-state index in [1.54, 1.807) is 0 Å². The van der Waals surface area contributed by atoms with Crippen LogP contribution in [0.15, 0.2) is 0 Å². The van der Waals surface area contributed by atoms with Crippen molar-refractivity contribution >= 4 is 0 Å². The topological polar surface area (TPSA) is 12.0 Å². The highest BCUT2D eigenvalue weighted by molar-refractivity contribution is 4.96. The number of nitrogens with one attached hydrogen (secondary N) is 1. The van der Waals surface area contributed by atoms with Gasteiger partial charge in [0.1, 0.15) is 5.54 Å². The van der Waals surface area contributed by atoms with E-state index < -0.39 is 11.7 Å². The molecule has 0 aromatic rings. The van der Waals surface area contributed by atoms with E-state index in [4.69, 9.17) is 0 Å². The third-order valence-electron chi connectivity index (χ3n) is 3.91. The van der Waals surface area contributed by atoms with Gasteiger partial charge in [-0.1, -0.05) is 32.6 Å². The Balaban J connectivity index is 2.69. The first-order valence-corrected chi connectivity index (χ1v) is 6.21. The smallest absolute Gasteiger partial charge is 0.307 e. The molecule has 2 unspecified atom stereocenters. The maximum absolute atomic E-state index is 13.0. The first kappa shape index (κ1) is 13.8. The van der Waals surface area contributed by atoms with E-state index in [-0.39, 0.29) is 12.8 Å². The average Bonchev–Trinajstić information content (AvgIpc) is 2.41. The van der Waals surface area contributed by atoms with E-state index >= 15 is 0 Å². The standard InChI is InChI=1S/C12H22F3N/c1-3-5-10-6-4-8-11(16-2,9-7-10)12(13,14)15/h10,16H,3-9H2,1-2H3. The number of hydrogen-bond acceptors (Lipinski definition) is 1. The third kappa shape index (κ3) is 2.90. The van der Waals surface area contributed by atoms with Crippen molar-refractivity contribution in [1.82, 2.24) is 5.32 Å². The van der Waals surface area contributed by atoms with Gasteiger partial charge in [-0.05, 0) is 32.2 Å². The molecule has 96 valence electrons. The zero-order valence-electron chi connectivity index (χ0n) is 10.2. The van der Waals surface area contributed by atoms with E-state index in [0.29, 0.717) is 18.8 Å². The third-order valence-corrected chi connectivity index (χ3v) is 3.91. The van der Waals surface area contributed by atoms with Crippen LogP contribution in [0.1, 0.15) is 51.9 Å². The lowest BCUT2D eigenvalue weighted by Gasteiger charge is -2.34. The van der Waals surface area contributed by atoms with Gasteiger partial charge in [-0.3, -0.25) is 0 Å². The molecule has 0 aromatic carbocycles. The predicted molar refractivity (Wildman–Crippen MR) is 59.3 cm³/mol. The molecule has 1 rings (SSSR count). The summed E-state index contributed by atoms with van der Waals surface area (Å²) in [4.78, 5) is 0. The fraction of sp³-hybridized carbons (Fsp3) is 1.00. The first-order chi connectivity index (χ1) is 7.45. The highest BCUT2D eigenvalue weighted by atomic mass is 19.4. The highest BCUT2D eigenvalue weighted by Crippen LogP contribution is 2.42. The van der Waals surface area contributed by atoms with E-state index in [2.05, 4.69) is 12.2 Å². The lowest BCUT2D eigenvalue weighted by molar-refractivity contribution is -0.199. The number of halogens is 3. The Morgan fingerprint density at radius 1 is 1.25 bits per heavy atom. The molecular weight excluding hydrogens is 215 g/mol. The van der Waals surface area contributed by atoms with Gasteiger partial charge >= 0.3 is 6.18 Å². The van der Waals surface area contributed by atoms with E-state index in [9.17, 15) is 13.2 Å². The molecule has 1 saturated carbocycles. The number of hydrogen-bond donors (Lipinski definition) is 1. The molecule has 16 heavy (non-hydrogen) atoms. The van der Waals surface area contributed by atoms with Crippen LogP contribution in [0.3, 0.4) is 0 Å². The van der Waals surface area contributed by atoms with Gasteiger partial charge in [0.25, 0.3) is 0 Å². The SMILES string of the molecule is CCCC1CCCC(NC)(C(F)(F)F)CC1. The van der Waals surface area contributed by atoms with E-state index in [1.165, 1.54) is 7.05 Å². The molecular formula is C12H22F3N. The molecule has 0 spiro atoms. The molecule has 1 N–H and O–H groups in total. The Kier molecular flexibility index (Phi) is 4.65. The molecule has 2 atom stereocenters. The zero-order valence-corrected chi connectivity index (χ0v) is 10.2. The molecule has 1 aliphatic rings. The van der Waals surface area contributed by atoms with Crippen LogP contribution >= 0.6 is 0 Å². The Morgan fingerprint density at radius 2 is 1.94 bits per heavy atom. The summed E-state index contributed by atoms with van der Waals surface area (Å²) >= 11 is 0. The molecule has 1 fully saturated rings. The second-order valence-electron chi connectivity index (χ2n) is 4.92. The van der Waals surface area contributed by atoms with Gasteiger partial charge in [-0.2, -0.15) is 13.2 Å². The molecule has 0 radical (unpaired) electrons. The summed E-state index contributed by atoms with van der Waals surface area (Å²) in [5.74, 6) is 0.488. The molecule has 0 heterocycles. The average molecular weight is 237 g/mol. The summed E-state index contributed by atoms with van der Waals surface area (Å²) in [6, 6.07) is 0. The fourth-order valence-corrected chi connectivity index (χ4v) is 2.78. The van der Waals surface area contributed by atoms with Crippen LogP contribution in [-0.4, -0.2) is 18.8 Å². The maximum Gasteiger partial charge on any atom is 0.406 e. The minimum absolute atomic E-state index is 0.229. The maximum atomic E-state index is 13.0. The summed E-state index contributed by atoms with van der Waals surface area (Å²) in [7, 11) is 1.44. The molecule has 4 heteroatoms. The lowest BCUT2D eigenvalue weighted by atomic mass is 9.88. The van der Waals surface area contributed by atoms with Gasteiger partial charge in [-0.25, -0.2) is 0 Å². The second kappa shape index (κ2) is 5.39. The number of alkyl halides is 3. The van der Waals surface area contributed by atoms with Crippen molar-refractivity contribution in [2.45, 2.75) is 63.6 Å². The van der Waals surface area contributed by atoms with Gasteiger partial charge in [0, 0.05) is 0 Å². The molecule has 0 aliphatic heterocycles. The van der Waals surface area contributed by atoms with Crippen molar-refractivity contribution in [3.8, 4) is 0 Å². The summed E-state index contributed by atoms with van der Waals surface area (Å²) in [6.45, 7) is 2.10. The summed E-state index contributed by atoms with van der Waals surface area (Å²) < 4.78 is 39.1. The molecule has 1 aliphatic carbocycles. The molecule has 0 amide bonds. The van der Waals surface area contributed by atoms with Crippen LogP contribution in [0.25, 0.3) is 0 Å². The van der Waals surface area contributed by atoms with Crippen LogP contribution in [-0.2, 0) is 0 Å². The van der Waals surface area contributed by atoms with Crippen molar-refractivity contribution in [2.75, 3.05) is 7.05 Å². The quantitative estimate of drug-likeness (QED) is 0.734. The van der Waals surface area contributed by atoms with Gasteiger partial charge in [0.05, 0.1) is 0 Å². The van der Waals surface area contributed by atoms with Crippen molar-refractivity contribution in [3.63, 3.8) is 0 Å². The van der Waals surface area contributed by atoms with E-state index in [0.717, 1.165) is 19.3 Å². The number of rotatable bonds is 3. The Bertz CT molecular complexity index is 215. The van der Waals surface area contributed by atoms with Crippen molar-refractivity contribution in [3.05, 3.63) is 0 Å². The predicted octanol–water partition coefficient (Wildman–Crippen LogP) is 3.89. The molecule has 0 aromatic heterocycles. The first-order valence-electron chi connectivity index (χ1n) is 6.21. The summed E-state index contributed by atoms with van der Waals surface area (Å²) in [5.41, 5.74) is -1.63. The highest BCUT2D eigenvalue weighted by Gasteiger charge is 2.53. The minimum Gasteiger partial charge on any atom is -0.307 e. The minimum atomic E-state index is -4.12. The van der Waals surface area contributed by atoms with Crippen LogP contribution in [0.2, 0.25) is 0 Å². The Hall–Kier alpha value is -0.250. The molecule has 0 bridgehead atoms. The largest absolute Gasteiger partial charge is 0.406 e. The van der Waals surface area contributed by atoms with Gasteiger partial charge in [0.15, 0.2) is 0 Å². The lowest BCUT2D eigenvalue weighted by Crippen LogP contribution is -2.55. The zero-order chi connectivity index (χ0) is 12.2. The van der Waals surface area contributed by atoms with Crippen molar-refractivity contribution in [2.24, 2.45) is 5.92 Å². The van der Waals surface area contributed by atoms with E-state index in [1.807, 2.05) is 0 Å². The van der Waals surface area contributed by atoms with Crippen LogP contribution in [0.4, 0.5) is 13.2 Å². The Labute approximate surface area is 95.8 Å². The Morgan fingerprint density at radius 3 is 2.44 bits per heavy atom. The van der Waals surface area contributed by atoms with Gasteiger partial charge in [0.2, 0.25) is 0 Å². The fourth-order valence-electron chi connectivity index (χ4n) is 2.78. The molecule has 0 saturated heterocycles. The van der Waals surface area contributed by atoms with Crippen molar-refractivity contribution in [1.29, 1.82) is 0 Å². The summed E-state index contributed by atoms with van der Waals surface area (Å²) in [6.07, 6.45) is 0.821.